The van der Waals surface area contributed by atoms with Gasteiger partial charge in [-0.1, -0.05) is 18.2 Å². The summed E-state index contributed by atoms with van der Waals surface area (Å²) >= 11 is 4.26. The summed E-state index contributed by atoms with van der Waals surface area (Å²) in [5, 5.41) is 0. The van der Waals surface area contributed by atoms with E-state index in [1.807, 2.05) is 0 Å². The van der Waals surface area contributed by atoms with Crippen LogP contribution >= 0.6 is 12.6 Å². The molecule has 0 spiro atoms. The molecule has 0 bridgehead atoms. The Labute approximate surface area is 91.5 Å². The van der Waals surface area contributed by atoms with Crippen molar-refractivity contribution in [2.75, 3.05) is 23.7 Å². The summed E-state index contributed by atoms with van der Waals surface area (Å²) in [6.07, 6.45) is 3.72. The maximum absolute atomic E-state index is 4.26. The van der Waals surface area contributed by atoms with E-state index in [1.165, 1.54) is 37.1 Å². The molecule has 0 unspecified atom stereocenters. The molecule has 1 heterocycles. The minimum Gasteiger partial charge on any atom is -0.371 e. The predicted molar refractivity (Wildman–Crippen MR) is 65.4 cm³/mol. The SMILES string of the molecule is SCCCN1CCCc2ccccc21. The number of benzene rings is 1. The lowest BCUT2D eigenvalue weighted by Crippen LogP contribution is -2.30. The third-order valence-corrected chi connectivity index (χ3v) is 3.11. The lowest BCUT2D eigenvalue weighted by Gasteiger charge is -2.31. The van der Waals surface area contributed by atoms with Crippen molar-refractivity contribution in [3.8, 4) is 0 Å². The molecular weight excluding hydrogens is 190 g/mol. The summed E-state index contributed by atoms with van der Waals surface area (Å²) in [7, 11) is 0. The molecular formula is C12H17NS. The van der Waals surface area contributed by atoms with Gasteiger partial charge in [-0.05, 0) is 36.6 Å². The average Bonchev–Trinajstić information content (AvgIpc) is 2.26. The van der Waals surface area contributed by atoms with Crippen molar-refractivity contribution in [3.63, 3.8) is 0 Å². The number of rotatable bonds is 3. The Morgan fingerprint density at radius 1 is 1.29 bits per heavy atom. The lowest BCUT2D eigenvalue weighted by atomic mass is 10.0. The fourth-order valence-corrected chi connectivity index (χ4v) is 2.25. The third-order valence-electron chi connectivity index (χ3n) is 2.79. The van der Waals surface area contributed by atoms with Crippen molar-refractivity contribution in [3.05, 3.63) is 29.8 Å². The maximum Gasteiger partial charge on any atom is 0.0398 e. The van der Waals surface area contributed by atoms with Crippen molar-refractivity contribution >= 4 is 18.3 Å². The average molecular weight is 207 g/mol. The van der Waals surface area contributed by atoms with Crippen LogP contribution in [-0.2, 0) is 6.42 Å². The monoisotopic (exact) mass is 207 g/mol. The smallest absolute Gasteiger partial charge is 0.0398 e. The van der Waals surface area contributed by atoms with Gasteiger partial charge in [-0.3, -0.25) is 0 Å². The first kappa shape index (κ1) is 9.91. The zero-order valence-corrected chi connectivity index (χ0v) is 9.34. The molecule has 1 aromatic rings. The van der Waals surface area contributed by atoms with Crippen LogP contribution in [0.3, 0.4) is 0 Å². The molecule has 0 aliphatic carbocycles. The van der Waals surface area contributed by atoms with Crippen LogP contribution in [0.2, 0.25) is 0 Å². The van der Waals surface area contributed by atoms with Gasteiger partial charge in [0.2, 0.25) is 0 Å². The van der Waals surface area contributed by atoms with E-state index >= 15 is 0 Å². The molecule has 76 valence electrons. The number of fused-ring (bicyclic) bond motifs is 1. The van der Waals surface area contributed by atoms with Crippen LogP contribution in [0.25, 0.3) is 0 Å². The quantitative estimate of drug-likeness (QED) is 0.746. The second-order valence-corrected chi connectivity index (χ2v) is 4.24. The summed E-state index contributed by atoms with van der Waals surface area (Å²) in [6, 6.07) is 8.77. The Morgan fingerprint density at radius 2 is 2.14 bits per heavy atom. The van der Waals surface area contributed by atoms with E-state index in [1.54, 1.807) is 0 Å². The Bertz CT molecular complexity index is 298. The first-order chi connectivity index (χ1) is 6.92. The second-order valence-electron chi connectivity index (χ2n) is 3.80. The number of para-hydroxylation sites is 1. The molecule has 0 atom stereocenters. The van der Waals surface area contributed by atoms with E-state index in [-0.39, 0.29) is 0 Å². The molecule has 1 aliphatic rings. The molecule has 0 fully saturated rings. The molecule has 0 aromatic heterocycles. The number of thiol groups is 1. The molecule has 0 saturated carbocycles. The first-order valence-corrected chi connectivity index (χ1v) is 5.99. The highest BCUT2D eigenvalue weighted by atomic mass is 32.1. The highest BCUT2D eigenvalue weighted by Crippen LogP contribution is 2.26. The van der Waals surface area contributed by atoms with E-state index in [9.17, 15) is 0 Å². The topological polar surface area (TPSA) is 3.24 Å². The zero-order chi connectivity index (χ0) is 9.80. The summed E-state index contributed by atoms with van der Waals surface area (Å²) < 4.78 is 0. The summed E-state index contributed by atoms with van der Waals surface area (Å²) in [5.41, 5.74) is 2.96. The summed E-state index contributed by atoms with van der Waals surface area (Å²) in [4.78, 5) is 2.50. The summed E-state index contributed by atoms with van der Waals surface area (Å²) in [5.74, 6) is 0.985. The highest BCUT2D eigenvalue weighted by molar-refractivity contribution is 7.80. The van der Waals surface area contributed by atoms with Gasteiger partial charge in [-0.2, -0.15) is 12.6 Å². The Morgan fingerprint density at radius 3 is 3.00 bits per heavy atom. The molecule has 1 aromatic carbocycles. The summed E-state index contributed by atoms with van der Waals surface area (Å²) in [6.45, 7) is 2.37. The van der Waals surface area contributed by atoms with Crippen LogP contribution in [0.15, 0.2) is 24.3 Å². The Hall–Kier alpha value is -0.630. The van der Waals surface area contributed by atoms with Gasteiger partial charge in [0.05, 0.1) is 0 Å². The Balaban J connectivity index is 2.14. The van der Waals surface area contributed by atoms with Gasteiger partial charge in [0.1, 0.15) is 0 Å². The number of hydrogen-bond donors (Lipinski definition) is 1. The van der Waals surface area contributed by atoms with Gasteiger partial charge in [-0.25, -0.2) is 0 Å². The van der Waals surface area contributed by atoms with Crippen LogP contribution in [0.4, 0.5) is 5.69 Å². The van der Waals surface area contributed by atoms with Gasteiger partial charge in [0.15, 0.2) is 0 Å². The molecule has 0 amide bonds. The third kappa shape index (κ3) is 2.06. The van der Waals surface area contributed by atoms with Crippen LogP contribution in [0, 0.1) is 0 Å². The van der Waals surface area contributed by atoms with Crippen LogP contribution < -0.4 is 4.90 Å². The number of hydrogen-bond acceptors (Lipinski definition) is 2. The van der Waals surface area contributed by atoms with Gasteiger partial charge in [0.25, 0.3) is 0 Å². The number of nitrogens with zero attached hydrogens (tertiary/aromatic N) is 1. The maximum atomic E-state index is 4.26. The van der Waals surface area contributed by atoms with Crippen molar-refractivity contribution in [2.24, 2.45) is 0 Å². The molecule has 1 nitrogen and oxygen atoms in total. The molecule has 0 saturated heterocycles. The standard InChI is InChI=1S/C12H17NS/c14-10-4-9-13-8-3-6-11-5-1-2-7-12(11)13/h1-2,5,7,14H,3-4,6,8-10H2. The second kappa shape index (κ2) is 4.74. The minimum atomic E-state index is 0.985. The van der Waals surface area contributed by atoms with Gasteiger partial charge >= 0.3 is 0 Å². The lowest BCUT2D eigenvalue weighted by molar-refractivity contribution is 0.683. The van der Waals surface area contributed by atoms with Crippen LogP contribution in [0.1, 0.15) is 18.4 Å². The molecule has 2 heteroatoms. The fourth-order valence-electron chi connectivity index (χ4n) is 2.11. The number of anilines is 1. The van der Waals surface area contributed by atoms with Gasteiger partial charge < -0.3 is 4.90 Å². The minimum absolute atomic E-state index is 0.985. The first-order valence-electron chi connectivity index (χ1n) is 5.35. The molecule has 2 rings (SSSR count). The van der Waals surface area contributed by atoms with Crippen molar-refractivity contribution < 1.29 is 0 Å². The van der Waals surface area contributed by atoms with Crippen LogP contribution in [0.5, 0.6) is 0 Å². The van der Waals surface area contributed by atoms with E-state index in [0.717, 1.165) is 12.3 Å². The van der Waals surface area contributed by atoms with Gasteiger partial charge in [-0.15, -0.1) is 0 Å². The van der Waals surface area contributed by atoms with E-state index < -0.39 is 0 Å². The van der Waals surface area contributed by atoms with Gasteiger partial charge in [0, 0.05) is 18.8 Å². The van der Waals surface area contributed by atoms with E-state index in [4.69, 9.17) is 0 Å². The van der Waals surface area contributed by atoms with Crippen molar-refractivity contribution in [2.45, 2.75) is 19.3 Å². The number of aryl methyl sites for hydroxylation is 1. The highest BCUT2D eigenvalue weighted by Gasteiger charge is 2.14. The zero-order valence-electron chi connectivity index (χ0n) is 8.45. The van der Waals surface area contributed by atoms with Crippen LogP contribution in [-0.4, -0.2) is 18.8 Å². The van der Waals surface area contributed by atoms with Crippen molar-refractivity contribution in [1.29, 1.82) is 0 Å². The Kier molecular flexibility index (Phi) is 3.35. The molecule has 14 heavy (non-hydrogen) atoms. The fraction of sp³-hybridized carbons (Fsp3) is 0.500. The predicted octanol–water partition coefficient (Wildman–Crippen LogP) is 2.76. The molecule has 1 aliphatic heterocycles. The largest absolute Gasteiger partial charge is 0.371 e. The normalized spacial score (nSPS) is 15.4. The molecule has 0 radical (unpaired) electrons. The van der Waals surface area contributed by atoms with E-state index in [0.29, 0.717) is 0 Å². The van der Waals surface area contributed by atoms with E-state index in [2.05, 4.69) is 41.8 Å². The molecule has 0 N–H and O–H groups in total. The van der Waals surface area contributed by atoms with Crippen molar-refractivity contribution in [1.82, 2.24) is 0 Å².